The number of para-hydroxylation sites is 1. The Labute approximate surface area is 242 Å². The van der Waals surface area contributed by atoms with Gasteiger partial charge >= 0.3 is 6.18 Å². The highest BCUT2D eigenvalue weighted by Crippen LogP contribution is 2.38. The summed E-state index contributed by atoms with van der Waals surface area (Å²) in [5.74, 6) is 0.417. The van der Waals surface area contributed by atoms with Gasteiger partial charge in [-0.15, -0.1) is 0 Å². The van der Waals surface area contributed by atoms with E-state index < -0.39 is 16.8 Å². The molecule has 0 radical (unpaired) electrons. The summed E-state index contributed by atoms with van der Waals surface area (Å²) in [6, 6.07) is 18.1. The van der Waals surface area contributed by atoms with Crippen LogP contribution in [0.4, 0.5) is 13.2 Å². The van der Waals surface area contributed by atoms with Crippen LogP contribution in [0.3, 0.4) is 0 Å². The molecule has 6 nitrogen and oxygen atoms in total. The third-order valence-electron chi connectivity index (χ3n) is 6.49. The first-order valence-corrected chi connectivity index (χ1v) is 13.7. The van der Waals surface area contributed by atoms with Gasteiger partial charge in [0.25, 0.3) is 5.56 Å². The monoisotopic (exact) mass is 594 g/mol. The zero-order chi connectivity index (χ0) is 29.3. The van der Waals surface area contributed by atoms with Gasteiger partial charge in [-0.2, -0.15) is 23.4 Å². The lowest BCUT2D eigenvalue weighted by Gasteiger charge is -2.13. The number of halogens is 4. The number of fused-ring (bicyclic) bond motifs is 1. The smallest absolute Gasteiger partial charge is 0.417 e. The maximum absolute atomic E-state index is 13.2. The summed E-state index contributed by atoms with van der Waals surface area (Å²) in [6.45, 7) is 0. The van der Waals surface area contributed by atoms with E-state index in [9.17, 15) is 23.2 Å². The maximum atomic E-state index is 13.2. The van der Waals surface area contributed by atoms with Crippen molar-refractivity contribution in [2.75, 3.05) is 0 Å². The van der Waals surface area contributed by atoms with E-state index in [2.05, 4.69) is 4.98 Å². The van der Waals surface area contributed by atoms with Crippen molar-refractivity contribution in [3.8, 4) is 17.6 Å². The van der Waals surface area contributed by atoms with Crippen LogP contribution in [0, 0.1) is 11.3 Å². The lowest BCUT2D eigenvalue weighted by Crippen LogP contribution is -2.18. The molecule has 2 aromatic heterocycles. The Kier molecular flexibility index (Phi) is 7.84. The Bertz CT molecular complexity index is 1880. The molecule has 0 bridgehead atoms. The molecule has 2 heterocycles. The number of aryl methyl sites for hydroxylation is 2. The molecule has 0 aliphatic carbocycles. The second-order valence-electron chi connectivity index (χ2n) is 9.40. The zero-order valence-corrected chi connectivity index (χ0v) is 23.4. The fourth-order valence-electron chi connectivity index (χ4n) is 4.51. The third-order valence-corrected chi connectivity index (χ3v) is 7.93. The quantitative estimate of drug-likeness (QED) is 0.144. The number of thioether (sulfide) groups is 1. The van der Waals surface area contributed by atoms with Gasteiger partial charge in [-0.25, -0.2) is 0 Å². The van der Waals surface area contributed by atoms with Gasteiger partial charge in [-0.3, -0.25) is 4.79 Å². The van der Waals surface area contributed by atoms with E-state index in [0.717, 1.165) is 34.2 Å². The summed E-state index contributed by atoms with van der Waals surface area (Å²) in [7, 11) is 3.79. The molecule has 0 fully saturated rings. The molecular weight excluding hydrogens is 573 g/mol. The zero-order valence-electron chi connectivity index (χ0n) is 21.9. The topological polar surface area (TPSA) is 72.8 Å². The second-order valence-corrected chi connectivity index (χ2v) is 10.7. The van der Waals surface area contributed by atoms with Crippen molar-refractivity contribution in [2.45, 2.75) is 23.5 Å². The third kappa shape index (κ3) is 6.11. The van der Waals surface area contributed by atoms with E-state index in [1.54, 1.807) is 22.9 Å². The Hall–Kier alpha value is -4.20. The van der Waals surface area contributed by atoms with Crippen molar-refractivity contribution < 1.29 is 17.9 Å². The number of nitriles is 1. The number of ether oxygens (including phenoxy) is 1. The molecule has 0 aliphatic heterocycles. The van der Waals surface area contributed by atoms with Crippen molar-refractivity contribution >= 4 is 34.3 Å². The molecule has 41 heavy (non-hydrogen) atoms. The molecule has 5 aromatic rings. The lowest BCUT2D eigenvalue weighted by atomic mass is 10.1. The predicted molar refractivity (Wildman–Crippen MR) is 152 cm³/mol. The Morgan fingerprint density at radius 2 is 1.78 bits per heavy atom. The number of benzene rings is 3. The summed E-state index contributed by atoms with van der Waals surface area (Å²) >= 11 is 7.01. The standard InChI is InChI=1S/C30H22ClF3N4O2S/c1-37-15-20(23-5-3-4-6-26(23)37)12-21-16-38(2)29(36-28(21)39)41-17-18-7-10-27(19(11-18)14-35)40-22-8-9-25(31)24(13-22)30(32,33)34/h3-11,13,15-16H,12,17H2,1-2H3. The fourth-order valence-corrected chi connectivity index (χ4v) is 5.62. The highest BCUT2D eigenvalue weighted by atomic mass is 35.5. The van der Waals surface area contributed by atoms with Crippen LogP contribution in [-0.4, -0.2) is 14.1 Å². The largest absolute Gasteiger partial charge is 0.456 e. The first-order valence-electron chi connectivity index (χ1n) is 12.3. The Morgan fingerprint density at radius 3 is 2.54 bits per heavy atom. The van der Waals surface area contributed by atoms with E-state index in [1.807, 2.05) is 55.2 Å². The molecule has 0 N–H and O–H groups in total. The fraction of sp³-hybridized carbons (Fsp3) is 0.167. The summed E-state index contributed by atoms with van der Waals surface area (Å²) in [5, 5.41) is 10.8. The molecule has 5 rings (SSSR count). The molecule has 0 spiro atoms. The molecular formula is C30H22ClF3N4O2S. The van der Waals surface area contributed by atoms with Crippen LogP contribution < -0.4 is 10.3 Å². The number of aromatic nitrogens is 3. The van der Waals surface area contributed by atoms with Gasteiger partial charge < -0.3 is 13.9 Å². The molecule has 0 aliphatic rings. The minimum absolute atomic E-state index is 0.0943. The molecule has 3 aromatic carbocycles. The van der Waals surface area contributed by atoms with Crippen LogP contribution >= 0.6 is 23.4 Å². The SMILES string of the molecule is Cn1cc(Cc2cn(C)c3ccccc23)c(=O)nc1SCc1ccc(Oc2ccc(Cl)c(C(F)(F)F)c2)c(C#N)c1. The van der Waals surface area contributed by atoms with Crippen molar-refractivity contribution in [3.63, 3.8) is 0 Å². The highest BCUT2D eigenvalue weighted by Gasteiger charge is 2.33. The van der Waals surface area contributed by atoms with Crippen molar-refractivity contribution in [2.24, 2.45) is 14.1 Å². The van der Waals surface area contributed by atoms with Crippen molar-refractivity contribution in [1.29, 1.82) is 5.26 Å². The first kappa shape index (κ1) is 28.3. The molecule has 11 heteroatoms. The van der Waals surface area contributed by atoms with Gasteiger partial charge in [0.15, 0.2) is 5.16 Å². The number of alkyl halides is 3. The van der Waals surface area contributed by atoms with Crippen LogP contribution in [0.5, 0.6) is 11.5 Å². The number of hydrogen-bond acceptors (Lipinski definition) is 5. The van der Waals surface area contributed by atoms with E-state index in [4.69, 9.17) is 16.3 Å². The summed E-state index contributed by atoms with van der Waals surface area (Å²) in [5.41, 5.74) is 2.29. The van der Waals surface area contributed by atoms with Gasteiger partial charge in [0.1, 0.15) is 17.6 Å². The first-order chi connectivity index (χ1) is 19.5. The number of nitrogens with zero attached hydrogens (tertiary/aromatic N) is 4. The van der Waals surface area contributed by atoms with Crippen LogP contribution in [0.15, 0.2) is 83.0 Å². The molecule has 0 saturated carbocycles. The average molecular weight is 595 g/mol. The Morgan fingerprint density at radius 1 is 1.02 bits per heavy atom. The van der Waals surface area contributed by atoms with Gasteiger partial charge in [-0.1, -0.05) is 47.6 Å². The van der Waals surface area contributed by atoms with E-state index in [-0.39, 0.29) is 22.6 Å². The number of rotatable bonds is 7. The molecule has 0 atom stereocenters. The maximum Gasteiger partial charge on any atom is 0.417 e. The second kappa shape index (κ2) is 11.4. The molecule has 0 saturated heterocycles. The van der Waals surface area contributed by atoms with Crippen LogP contribution in [-0.2, 0) is 32.4 Å². The summed E-state index contributed by atoms with van der Waals surface area (Å²) in [6.07, 6.45) is -0.373. The average Bonchev–Trinajstić information content (AvgIpc) is 3.25. The van der Waals surface area contributed by atoms with Crippen LogP contribution in [0.1, 0.15) is 27.8 Å². The van der Waals surface area contributed by atoms with Gasteiger partial charge in [-0.05, 0) is 47.5 Å². The summed E-state index contributed by atoms with van der Waals surface area (Å²) < 4.78 is 49.0. The van der Waals surface area contributed by atoms with Crippen LogP contribution in [0.25, 0.3) is 10.9 Å². The van der Waals surface area contributed by atoms with Gasteiger partial charge in [0.05, 0.1) is 16.1 Å². The highest BCUT2D eigenvalue weighted by molar-refractivity contribution is 7.98. The molecule has 0 unspecified atom stereocenters. The molecule has 0 amide bonds. The normalized spacial score (nSPS) is 11.5. The minimum atomic E-state index is -4.64. The minimum Gasteiger partial charge on any atom is -0.456 e. The van der Waals surface area contributed by atoms with E-state index in [1.165, 1.54) is 23.9 Å². The van der Waals surface area contributed by atoms with Crippen molar-refractivity contribution in [1.82, 2.24) is 14.1 Å². The van der Waals surface area contributed by atoms with E-state index >= 15 is 0 Å². The van der Waals surface area contributed by atoms with Crippen LogP contribution in [0.2, 0.25) is 5.02 Å². The predicted octanol–water partition coefficient (Wildman–Crippen LogP) is 7.49. The van der Waals surface area contributed by atoms with E-state index in [0.29, 0.717) is 22.9 Å². The Balaban J connectivity index is 1.31. The lowest BCUT2D eigenvalue weighted by molar-refractivity contribution is -0.137. The summed E-state index contributed by atoms with van der Waals surface area (Å²) in [4.78, 5) is 17.2. The molecule has 208 valence electrons. The van der Waals surface area contributed by atoms with Crippen molar-refractivity contribution in [3.05, 3.63) is 116 Å². The number of hydrogen-bond donors (Lipinski definition) is 0. The van der Waals surface area contributed by atoms with Gasteiger partial charge in [0.2, 0.25) is 0 Å². The van der Waals surface area contributed by atoms with Gasteiger partial charge in [0, 0.05) is 55.1 Å².